The van der Waals surface area contributed by atoms with E-state index in [0.29, 0.717) is 31.3 Å². The van der Waals surface area contributed by atoms with Gasteiger partial charge in [-0.15, -0.1) is 11.3 Å². The molecule has 1 aromatic carbocycles. The quantitative estimate of drug-likeness (QED) is 0.483. The molecule has 3 N–H and O–H groups in total. The number of benzene rings is 1. The van der Waals surface area contributed by atoms with Crippen LogP contribution in [-0.4, -0.2) is 44.8 Å². The maximum Gasteiger partial charge on any atom is 0.223 e. The molecule has 1 aliphatic carbocycles. The van der Waals surface area contributed by atoms with Crippen molar-refractivity contribution in [3.05, 3.63) is 47.4 Å². The molecule has 2 aliphatic rings. The van der Waals surface area contributed by atoms with E-state index in [0.717, 1.165) is 52.8 Å². The molecule has 1 saturated carbocycles. The summed E-state index contributed by atoms with van der Waals surface area (Å²) in [5, 5.41) is 18.7. The van der Waals surface area contributed by atoms with Crippen molar-refractivity contribution in [2.75, 3.05) is 18.4 Å². The van der Waals surface area contributed by atoms with Gasteiger partial charge in [-0.2, -0.15) is 0 Å². The fraction of sp³-hybridized carbons (Fsp3) is 0.480. The number of aliphatic hydroxyl groups is 1. The van der Waals surface area contributed by atoms with Crippen molar-refractivity contribution in [3.63, 3.8) is 0 Å². The Hall–Kier alpha value is -2.42. The number of anilines is 1. The van der Waals surface area contributed by atoms with Crippen LogP contribution in [0.2, 0.25) is 0 Å². The third kappa shape index (κ3) is 5.39. The highest BCUT2D eigenvalue weighted by Crippen LogP contribution is 2.38. The molecule has 0 radical (unpaired) electrons. The second kappa shape index (κ2) is 9.83. The molecule has 8 heteroatoms. The lowest BCUT2D eigenvalue weighted by molar-refractivity contribution is 0.0108. The van der Waals surface area contributed by atoms with Gasteiger partial charge in [0.05, 0.1) is 26.9 Å². The van der Waals surface area contributed by atoms with Gasteiger partial charge in [0.25, 0.3) is 0 Å². The second-order valence-corrected chi connectivity index (χ2v) is 10.3. The van der Waals surface area contributed by atoms with Crippen LogP contribution in [0.1, 0.15) is 50.0 Å². The van der Waals surface area contributed by atoms with Crippen LogP contribution in [0.3, 0.4) is 0 Å². The highest BCUT2D eigenvalue weighted by molar-refractivity contribution is 7.15. The van der Waals surface area contributed by atoms with Gasteiger partial charge in [0.15, 0.2) is 0 Å². The largest absolute Gasteiger partial charge is 0.389 e. The monoisotopic (exact) mass is 467 g/mol. The summed E-state index contributed by atoms with van der Waals surface area (Å²) >= 11 is 1.56. The van der Waals surface area contributed by atoms with E-state index in [2.05, 4.69) is 15.6 Å². The van der Waals surface area contributed by atoms with Crippen molar-refractivity contribution >= 4 is 17.3 Å². The fourth-order valence-electron chi connectivity index (χ4n) is 4.75. The third-order valence-electron chi connectivity index (χ3n) is 6.63. The molecule has 6 nitrogen and oxygen atoms in total. The molecule has 0 amide bonds. The van der Waals surface area contributed by atoms with Crippen LogP contribution in [0.4, 0.5) is 10.3 Å². The number of aromatic nitrogens is 3. The zero-order valence-corrected chi connectivity index (χ0v) is 19.5. The van der Waals surface area contributed by atoms with Crippen LogP contribution >= 0.6 is 11.3 Å². The first kappa shape index (κ1) is 22.4. The molecule has 0 bridgehead atoms. The molecule has 33 heavy (non-hydrogen) atoms. The van der Waals surface area contributed by atoms with Gasteiger partial charge >= 0.3 is 0 Å². The lowest BCUT2D eigenvalue weighted by Crippen LogP contribution is -2.43. The number of hydrogen-bond donors (Lipinski definition) is 3. The number of thiazole rings is 1. The lowest BCUT2D eigenvalue weighted by Gasteiger charge is -2.31. The van der Waals surface area contributed by atoms with Crippen LogP contribution < -0.4 is 10.6 Å². The second-order valence-electron chi connectivity index (χ2n) is 9.19. The topological polar surface area (TPSA) is 83.0 Å². The maximum absolute atomic E-state index is 13.6. The summed E-state index contributed by atoms with van der Waals surface area (Å²) < 4.78 is 13.6. The molecule has 3 heterocycles. The van der Waals surface area contributed by atoms with Crippen LogP contribution in [0.25, 0.3) is 21.8 Å². The molecule has 0 atom stereocenters. The number of halogens is 1. The van der Waals surface area contributed by atoms with Gasteiger partial charge in [-0.3, -0.25) is 0 Å². The van der Waals surface area contributed by atoms with Gasteiger partial charge in [0, 0.05) is 24.2 Å². The number of nitrogens with one attached hydrogen (secondary N) is 2. The van der Waals surface area contributed by atoms with E-state index in [4.69, 9.17) is 9.97 Å². The summed E-state index contributed by atoms with van der Waals surface area (Å²) in [6.07, 6.45) is 9.76. The van der Waals surface area contributed by atoms with Crippen LogP contribution in [0.5, 0.6) is 0 Å². The zero-order chi connectivity index (χ0) is 22.7. The Bertz CT molecular complexity index is 1070. The van der Waals surface area contributed by atoms with E-state index in [1.165, 1.54) is 31.4 Å². The van der Waals surface area contributed by atoms with Crippen LogP contribution in [0.15, 0.2) is 36.5 Å². The number of hydrogen-bond acceptors (Lipinski definition) is 7. The molecule has 1 aliphatic heterocycles. The molecule has 2 aromatic heterocycles. The Morgan fingerprint density at radius 2 is 1.82 bits per heavy atom. The molecule has 2 fully saturated rings. The van der Waals surface area contributed by atoms with Crippen LogP contribution in [0, 0.1) is 5.82 Å². The number of piperidine rings is 1. The molecular formula is C25H30FN5OS. The average Bonchev–Trinajstić information content (AvgIpc) is 3.24. The molecular weight excluding hydrogens is 437 g/mol. The minimum absolute atomic E-state index is 0.277. The van der Waals surface area contributed by atoms with Crippen molar-refractivity contribution in [2.45, 2.75) is 63.0 Å². The molecule has 3 aromatic rings. The van der Waals surface area contributed by atoms with E-state index in [1.807, 2.05) is 6.07 Å². The molecule has 0 spiro atoms. The third-order valence-corrected chi connectivity index (χ3v) is 7.71. The minimum atomic E-state index is -0.750. The Kier molecular flexibility index (Phi) is 6.66. The summed E-state index contributed by atoms with van der Waals surface area (Å²) in [6, 6.07) is 8.72. The first-order valence-corrected chi connectivity index (χ1v) is 12.7. The Morgan fingerprint density at radius 1 is 1.06 bits per heavy atom. The van der Waals surface area contributed by atoms with E-state index in [-0.39, 0.29) is 5.82 Å². The Labute approximate surface area is 197 Å². The van der Waals surface area contributed by atoms with Crippen molar-refractivity contribution in [3.8, 4) is 21.8 Å². The van der Waals surface area contributed by atoms with E-state index < -0.39 is 5.60 Å². The normalized spacial score (nSPS) is 18.8. The maximum atomic E-state index is 13.6. The highest BCUT2D eigenvalue weighted by Gasteiger charge is 2.31. The van der Waals surface area contributed by atoms with E-state index in [9.17, 15) is 9.50 Å². The molecule has 1 saturated heterocycles. The zero-order valence-electron chi connectivity index (χ0n) is 18.7. The van der Waals surface area contributed by atoms with Crippen molar-refractivity contribution in [1.29, 1.82) is 0 Å². The van der Waals surface area contributed by atoms with Crippen LogP contribution in [-0.2, 0) is 6.42 Å². The van der Waals surface area contributed by atoms with Gasteiger partial charge in [0.1, 0.15) is 5.82 Å². The van der Waals surface area contributed by atoms with Gasteiger partial charge in [-0.1, -0.05) is 19.3 Å². The fourth-order valence-corrected chi connectivity index (χ4v) is 5.94. The van der Waals surface area contributed by atoms with Gasteiger partial charge in [-0.05, 0) is 69.1 Å². The predicted octanol–water partition coefficient (Wildman–Crippen LogP) is 4.81. The number of nitrogens with zero attached hydrogens (tertiary/aromatic N) is 3. The summed E-state index contributed by atoms with van der Waals surface area (Å²) in [5.74, 6) is 0.358. The average molecular weight is 468 g/mol. The summed E-state index contributed by atoms with van der Waals surface area (Å²) in [6.45, 7) is 1.61. The molecule has 174 valence electrons. The predicted molar refractivity (Wildman–Crippen MR) is 130 cm³/mol. The van der Waals surface area contributed by atoms with E-state index in [1.54, 1.807) is 29.7 Å². The summed E-state index contributed by atoms with van der Waals surface area (Å²) in [7, 11) is 0. The first-order chi connectivity index (χ1) is 16.1. The Morgan fingerprint density at radius 3 is 2.58 bits per heavy atom. The van der Waals surface area contributed by atoms with E-state index >= 15 is 0 Å². The highest BCUT2D eigenvalue weighted by atomic mass is 32.1. The molecule has 0 unspecified atom stereocenters. The standard InChI is InChI=1S/C25H30FN5OS/c26-18-8-6-17(7-9-18)22-23(33-21(31-22)16-25(32)11-14-27-15-12-25)20-10-13-28-24(30-20)29-19-4-2-1-3-5-19/h6-10,13,19,27,32H,1-5,11-12,14-16H2,(H,28,29,30). The summed E-state index contributed by atoms with van der Waals surface area (Å²) in [5.41, 5.74) is 1.66. The first-order valence-electron chi connectivity index (χ1n) is 11.9. The summed E-state index contributed by atoms with van der Waals surface area (Å²) in [4.78, 5) is 15.1. The van der Waals surface area contributed by atoms with Gasteiger partial charge < -0.3 is 15.7 Å². The van der Waals surface area contributed by atoms with Gasteiger partial charge in [0.2, 0.25) is 5.95 Å². The minimum Gasteiger partial charge on any atom is -0.389 e. The number of rotatable bonds is 6. The lowest BCUT2D eigenvalue weighted by atomic mass is 9.89. The Balaban J connectivity index is 1.48. The van der Waals surface area contributed by atoms with Crippen molar-refractivity contribution in [1.82, 2.24) is 20.3 Å². The van der Waals surface area contributed by atoms with Crippen molar-refractivity contribution < 1.29 is 9.50 Å². The smallest absolute Gasteiger partial charge is 0.223 e. The SMILES string of the molecule is OC1(Cc2nc(-c3ccc(F)cc3)c(-c3ccnc(NC4CCCCC4)n3)s2)CCNCC1. The van der Waals surface area contributed by atoms with Gasteiger partial charge in [-0.25, -0.2) is 19.3 Å². The van der Waals surface area contributed by atoms with Crippen molar-refractivity contribution in [2.24, 2.45) is 0 Å². The molecule has 5 rings (SSSR count).